The molecule has 1 heterocycles. The Hall–Kier alpha value is -1.14. The summed E-state index contributed by atoms with van der Waals surface area (Å²) in [6.45, 7) is 8.22. The average Bonchev–Trinajstić information content (AvgIpc) is 2.48. The molecule has 1 aliphatic rings. The van der Waals surface area contributed by atoms with Crippen molar-refractivity contribution in [1.29, 1.82) is 0 Å². The third-order valence-corrected chi connectivity index (χ3v) is 4.93. The zero-order chi connectivity index (χ0) is 17.9. The second-order valence-corrected chi connectivity index (χ2v) is 8.19. The highest BCUT2D eigenvalue weighted by Gasteiger charge is 2.28. The van der Waals surface area contributed by atoms with Gasteiger partial charge in [0.15, 0.2) is 0 Å². The van der Waals surface area contributed by atoms with Gasteiger partial charge in [0.05, 0.1) is 0 Å². The molecule has 0 N–H and O–H groups in total. The van der Waals surface area contributed by atoms with Gasteiger partial charge >= 0.3 is 6.09 Å². The summed E-state index contributed by atoms with van der Waals surface area (Å²) in [7, 11) is 1.81. The standard InChI is InChI=1S/C18H26BrFN2O2/c1-18(2,3)24-17(23)21(4)15-7-9-22(10-8-15)12-13-5-6-14(20)11-16(13)19/h5-6,11,15H,7-10,12H2,1-4H3. The molecule has 1 saturated heterocycles. The average molecular weight is 401 g/mol. The minimum Gasteiger partial charge on any atom is -0.444 e. The summed E-state index contributed by atoms with van der Waals surface area (Å²) in [5.41, 5.74) is 0.608. The molecule has 0 aliphatic carbocycles. The molecule has 2 rings (SSSR count). The maximum Gasteiger partial charge on any atom is 0.410 e. The van der Waals surface area contributed by atoms with Crippen LogP contribution in [-0.4, -0.2) is 47.7 Å². The first-order valence-electron chi connectivity index (χ1n) is 8.28. The lowest BCUT2D eigenvalue weighted by molar-refractivity contribution is 0.0149. The first-order chi connectivity index (χ1) is 11.2. The summed E-state index contributed by atoms with van der Waals surface area (Å²) in [5.74, 6) is -0.233. The van der Waals surface area contributed by atoms with E-state index in [0.29, 0.717) is 0 Å². The van der Waals surface area contributed by atoms with Gasteiger partial charge in [-0.05, 0) is 51.3 Å². The molecular weight excluding hydrogens is 375 g/mol. The molecule has 0 unspecified atom stereocenters. The minimum absolute atomic E-state index is 0.202. The molecule has 4 nitrogen and oxygen atoms in total. The van der Waals surface area contributed by atoms with Crippen LogP contribution in [0.1, 0.15) is 39.2 Å². The number of carbonyl (C=O) groups is 1. The fourth-order valence-corrected chi connectivity index (χ4v) is 3.31. The smallest absolute Gasteiger partial charge is 0.410 e. The van der Waals surface area contributed by atoms with Crippen LogP contribution in [0.4, 0.5) is 9.18 Å². The largest absolute Gasteiger partial charge is 0.444 e. The van der Waals surface area contributed by atoms with Crippen LogP contribution in [0.5, 0.6) is 0 Å². The number of likely N-dealkylation sites (tertiary alicyclic amines) is 1. The third-order valence-electron chi connectivity index (χ3n) is 4.20. The van der Waals surface area contributed by atoms with Crippen molar-refractivity contribution in [2.45, 2.75) is 51.8 Å². The highest BCUT2D eigenvalue weighted by molar-refractivity contribution is 9.10. The van der Waals surface area contributed by atoms with Crippen molar-refractivity contribution in [3.8, 4) is 0 Å². The Kier molecular flexibility index (Phi) is 6.26. The molecular formula is C18H26BrFN2O2. The fraction of sp³-hybridized carbons (Fsp3) is 0.611. The summed E-state index contributed by atoms with van der Waals surface area (Å²) in [5, 5.41) is 0. The minimum atomic E-state index is -0.471. The van der Waals surface area contributed by atoms with Crippen LogP contribution in [0.3, 0.4) is 0 Å². The van der Waals surface area contributed by atoms with E-state index >= 15 is 0 Å². The van der Waals surface area contributed by atoms with Crippen molar-refractivity contribution in [2.24, 2.45) is 0 Å². The number of halogens is 2. The van der Waals surface area contributed by atoms with Gasteiger partial charge in [0, 0.05) is 37.2 Å². The zero-order valence-corrected chi connectivity index (χ0v) is 16.4. The highest BCUT2D eigenvalue weighted by Crippen LogP contribution is 2.23. The summed E-state index contributed by atoms with van der Waals surface area (Å²) < 4.78 is 19.4. The first-order valence-corrected chi connectivity index (χ1v) is 9.07. The Morgan fingerprint density at radius 1 is 1.38 bits per heavy atom. The molecule has 0 bridgehead atoms. The Bertz CT molecular complexity index is 581. The summed E-state index contributed by atoms with van der Waals surface area (Å²) >= 11 is 3.42. The van der Waals surface area contributed by atoms with Gasteiger partial charge in [-0.25, -0.2) is 9.18 Å². The molecule has 1 fully saturated rings. The molecule has 0 atom stereocenters. The van der Waals surface area contributed by atoms with Crippen molar-refractivity contribution in [3.63, 3.8) is 0 Å². The van der Waals surface area contributed by atoms with Crippen molar-refractivity contribution in [3.05, 3.63) is 34.1 Å². The quantitative estimate of drug-likeness (QED) is 0.752. The summed E-state index contributed by atoms with van der Waals surface area (Å²) in [6.07, 6.45) is 1.56. The van der Waals surface area contributed by atoms with E-state index in [4.69, 9.17) is 4.74 Å². The number of carbonyl (C=O) groups excluding carboxylic acids is 1. The van der Waals surface area contributed by atoms with Gasteiger partial charge in [-0.3, -0.25) is 4.90 Å². The number of rotatable bonds is 3. The van der Waals surface area contributed by atoms with Gasteiger partial charge < -0.3 is 9.64 Å². The molecule has 24 heavy (non-hydrogen) atoms. The van der Waals surface area contributed by atoms with Crippen LogP contribution >= 0.6 is 15.9 Å². The van der Waals surface area contributed by atoms with Gasteiger partial charge in [-0.2, -0.15) is 0 Å². The maximum absolute atomic E-state index is 13.2. The number of piperidine rings is 1. The van der Waals surface area contributed by atoms with E-state index < -0.39 is 5.60 Å². The van der Waals surface area contributed by atoms with Crippen LogP contribution < -0.4 is 0 Å². The highest BCUT2D eigenvalue weighted by atomic mass is 79.9. The van der Waals surface area contributed by atoms with Gasteiger partial charge in [0.1, 0.15) is 11.4 Å². The van der Waals surface area contributed by atoms with E-state index in [1.165, 1.54) is 12.1 Å². The SMILES string of the molecule is CN(C(=O)OC(C)(C)C)C1CCN(Cc2ccc(F)cc2Br)CC1. The molecule has 0 radical (unpaired) electrons. The van der Waals surface area contributed by atoms with Crippen LogP contribution in [0.25, 0.3) is 0 Å². The number of ether oxygens (including phenoxy) is 1. The zero-order valence-electron chi connectivity index (χ0n) is 14.8. The Morgan fingerprint density at radius 2 is 2.00 bits per heavy atom. The first kappa shape index (κ1) is 19.2. The molecule has 1 amide bonds. The molecule has 1 aromatic carbocycles. The van der Waals surface area contributed by atoms with E-state index in [0.717, 1.165) is 42.5 Å². The maximum atomic E-state index is 13.2. The van der Waals surface area contributed by atoms with Gasteiger partial charge in [-0.1, -0.05) is 22.0 Å². The number of hydrogen-bond acceptors (Lipinski definition) is 3. The number of hydrogen-bond donors (Lipinski definition) is 0. The molecule has 1 aromatic rings. The van der Waals surface area contributed by atoms with Gasteiger partial charge in [0.2, 0.25) is 0 Å². The lowest BCUT2D eigenvalue weighted by atomic mass is 10.0. The van der Waals surface area contributed by atoms with Crippen molar-refractivity contribution < 1.29 is 13.9 Å². The van der Waals surface area contributed by atoms with E-state index in [-0.39, 0.29) is 18.0 Å². The van der Waals surface area contributed by atoms with Gasteiger partial charge in [0.25, 0.3) is 0 Å². The van der Waals surface area contributed by atoms with Crippen LogP contribution in [0.15, 0.2) is 22.7 Å². The molecule has 0 saturated carbocycles. The topological polar surface area (TPSA) is 32.8 Å². The molecule has 6 heteroatoms. The Balaban J connectivity index is 1.85. The molecule has 1 aliphatic heterocycles. The van der Waals surface area contributed by atoms with Gasteiger partial charge in [-0.15, -0.1) is 0 Å². The molecule has 134 valence electrons. The predicted octanol–water partition coefficient (Wildman–Crippen LogP) is 4.42. The fourth-order valence-electron chi connectivity index (χ4n) is 2.84. The number of amides is 1. The third kappa shape index (κ3) is 5.45. The lowest BCUT2D eigenvalue weighted by Gasteiger charge is -2.37. The monoisotopic (exact) mass is 400 g/mol. The van der Waals surface area contributed by atoms with E-state index in [2.05, 4.69) is 20.8 Å². The van der Waals surface area contributed by atoms with Crippen LogP contribution in [-0.2, 0) is 11.3 Å². The summed E-state index contributed by atoms with van der Waals surface area (Å²) in [4.78, 5) is 16.2. The summed E-state index contributed by atoms with van der Waals surface area (Å²) in [6, 6.07) is 5.01. The molecule has 0 aromatic heterocycles. The van der Waals surface area contributed by atoms with E-state index in [1.807, 2.05) is 33.9 Å². The van der Waals surface area contributed by atoms with Crippen molar-refractivity contribution in [1.82, 2.24) is 9.80 Å². The second-order valence-electron chi connectivity index (χ2n) is 7.33. The Morgan fingerprint density at radius 3 is 2.54 bits per heavy atom. The van der Waals surface area contributed by atoms with Crippen LogP contribution in [0.2, 0.25) is 0 Å². The second kappa shape index (κ2) is 7.83. The van der Waals surface area contributed by atoms with Crippen molar-refractivity contribution in [2.75, 3.05) is 20.1 Å². The Labute approximate surface area is 152 Å². The number of nitrogens with zero attached hydrogens (tertiary/aromatic N) is 2. The number of benzene rings is 1. The van der Waals surface area contributed by atoms with E-state index in [9.17, 15) is 9.18 Å². The predicted molar refractivity (Wildman–Crippen MR) is 96.4 cm³/mol. The van der Waals surface area contributed by atoms with E-state index in [1.54, 1.807) is 4.90 Å². The molecule has 0 spiro atoms. The lowest BCUT2D eigenvalue weighted by Crippen LogP contribution is -2.46. The normalized spacial score (nSPS) is 16.9. The van der Waals surface area contributed by atoms with Crippen molar-refractivity contribution >= 4 is 22.0 Å². The van der Waals surface area contributed by atoms with Crippen LogP contribution in [0, 0.1) is 5.82 Å².